The van der Waals surface area contributed by atoms with Crippen LogP contribution in [0.5, 0.6) is 17.2 Å². The molecule has 0 saturated heterocycles. The highest BCUT2D eigenvalue weighted by Crippen LogP contribution is 2.38. The molecule has 31 heavy (non-hydrogen) atoms. The van der Waals surface area contributed by atoms with E-state index in [0.717, 1.165) is 10.8 Å². The molecule has 8 heteroatoms. The quantitative estimate of drug-likeness (QED) is 0.275. The van der Waals surface area contributed by atoms with Crippen molar-refractivity contribution in [2.24, 2.45) is 0 Å². The van der Waals surface area contributed by atoms with E-state index in [9.17, 15) is 9.90 Å². The van der Waals surface area contributed by atoms with E-state index >= 15 is 0 Å². The number of hydrogen-bond donors (Lipinski definition) is 2. The maximum absolute atomic E-state index is 12.8. The third-order valence-electron chi connectivity index (χ3n) is 4.51. The van der Waals surface area contributed by atoms with E-state index in [1.54, 1.807) is 30.3 Å². The van der Waals surface area contributed by atoms with Gasteiger partial charge in [0, 0.05) is 25.8 Å². The van der Waals surface area contributed by atoms with Crippen molar-refractivity contribution in [1.29, 1.82) is 0 Å². The summed E-state index contributed by atoms with van der Waals surface area (Å²) in [5.41, 5.74) is 0.328. The Labute approximate surface area is 201 Å². The fourth-order valence-corrected chi connectivity index (χ4v) is 4.27. The molecule has 0 bridgehead atoms. The Morgan fingerprint density at radius 3 is 2.35 bits per heavy atom. The van der Waals surface area contributed by atoms with Gasteiger partial charge in [0.1, 0.15) is 11.5 Å². The van der Waals surface area contributed by atoms with Gasteiger partial charge in [0.2, 0.25) is 0 Å². The molecule has 0 spiro atoms. The van der Waals surface area contributed by atoms with Crippen LogP contribution in [0.1, 0.15) is 10.4 Å². The molecule has 4 aromatic rings. The summed E-state index contributed by atoms with van der Waals surface area (Å²) >= 11 is 21.6. The van der Waals surface area contributed by atoms with Gasteiger partial charge in [-0.3, -0.25) is 4.79 Å². The number of ether oxygens (including phenoxy) is 1. The summed E-state index contributed by atoms with van der Waals surface area (Å²) in [5.74, 6) is 0.126. The minimum atomic E-state index is -0.575. The lowest BCUT2D eigenvalue weighted by Gasteiger charge is -2.15. The molecule has 0 unspecified atom stereocenters. The van der Waals surface area contributed by atoms with Gasteiger partial charge < -0.3 is 15.2 Å². The van der Waals surface area contributed by atoms with Gasteiger partial charge >= 0.3 is 0 Å². The third-order valence-corrected chi connectivity index (χ3v) is 5.90. The van der Waals surface area contributed by atoms with Crippen molar-refractivity contribution >= 4 is 73.1 Å². The fourth-order valence-electron chi connectivity index (χ4n) is 3.06. The van der Waals surface area contributed by atoms with Gasteiger partial charge in [0.15, 0.2) is 5.75 Å². The summed E-state index contributed by atoms with van der Waals surface area (Å²) in [6, 6.07) is 18.8. The predicted octanol–water partition coefficient (Wildman–Crippen LogP) is 8.31. The molecule has 4 nitrogen and oxygen atoms in total. The number of nitrogens with one attached hydrogen (secondary N) is 1. The summed E-state index contributed by atoms with van der Waals surface area (Å²) in [6.07, 6.45) is 0. The largest absolute Gasteiger partial charge is 0.506 e. The highest BCUT2D eigenvalue weighted by atomic mass is 79.9. The zero-order chi connectivity index (χ0) is 22.1. The van der Waals surface area contributed by atoms with Crippen LogP contribution in [-0.2, 0) is 0 Å². The van der Waals surface area contributed by atoms with Gasteiger partial charge in [-0.2, -0.15) is 0 Å². The van der Waals surface area contributed by atoms with Crippen molar-refractivity contribution in [3.8, 4) is 17.2 Å². The predicted molar refractivity (Wildman–Crippen MR) is 129 cm³/mol. The van der Waals surface area contributed by atoms with Crippen LogP contribution in [0.15, 0.2) is 71.2 Å². The third kappa shape index (κ3) is 4.60. The van der Waals surface area contributed by atoms with Crippen molar-refractivity contribution in [3.05, 3.63) is 91.8 Å². The summed E-state index contributed by atoms with van der Waals surface area (Å²) in [4.78, 5) is 12.8. The minimum absolute atomic E-state index is 0.00208. The second-order valence-corrected chi connectivity index (χ2v) is 8.71. The molecule has 0 saturated carbocycles. The number of amides is 1. The summed E-state index contributed by atoms with van der Waals surface area (Å²) in [6.45, 7) is 0. The summed E-state index contributed by atoms with van der Waals surface area (Å²) < 4.78 is 6.42. The standard InChI is InChI=1S/C23H13BrCl3NO3/c24-17-10-13(26)9-16(22(17)29)23(30)28-19-11-12(25)5-7-21(19)31-20-8-6-18(27)14-3-1-2-4-15(14)20/h1-11,29H,(H,28,30). The first-order valence-electron chi connectivity index (χ1n) is 8.97. The molecule has 0 aliphatic heterocycles. The van der Waals surface area contributed by atoms with E-state index in [1.165, 1.54) is 12.1 Å². The number of aromatic hydroxyl groups is 1. The first-order valence-corrected chi connectivity index (χ1v) is 10.9. The van der Waals surface area contributed by atoms with Crippen LogP contribution in [0.2, 0.25) is 15.1 Å². The molecular formula is C23H13BrCl3NO3. The molecule has 0 atom stereocenters. The first-order chi connectivity index (χ1) is 14.8. The number of carbonyl (C=O) groups excluding carboxylic acids is 1. The Bertz CT molecular complexity index is 1330. The second-order valence-electron chi connectivity index (χ2n) is 6.57. The van der Waals surface area contributed by atoms with Crippen LogP contribution >= 0.6 is 50.7 Å². The summed E-state index contributed by atoms with van der Waals surface area (Å²) in [5, 5.41) is 15.9. The normalized spacial score (nSPS) is 10.8. The van der Waals surface area contributed by atoms with Gasteiger partial charge in [-0.25, -0.2) is 0 Å². The Morgan fingerprint density at radius 1 is 0.871 bits per heavy atom. The number of rotatable bonds is 4. The number of phenols is 1. The highest BCUT2D eigenvalue weighted by molar-refractivity contribution is 9.10. The van der Waals surface area contributed by atoms with Gasteiger partial charge in [-0.05, 0) is 58.4 Å². The lowest BCUT2D eigenvalue weighted by Crippen LogP contribution is -2.13. The van der Waals surface area contributed by atoms with Crippen molar-refractivity contribution < 1.29 is 14.6 Å². The SMILES string of the molecule is O=C(Nc1cc(Cl)ccc1Oc1ccc(Cl)c2ccccc12)c1cc(Cl)cc(Br)c1O. The van der Waals surface area contributed by atoms with Crippen molar-refractivity contribution in [1.82, 2.24) is 0 Å². The second kappa shape index (κ2) is 8.97. The molecule has 4 rings (SSSR count). The number of hydrogen-bond acceptors (Lipinski definition) is 3. The zero-order valence-electron chi connectivity index (χ0n) is 15.6. The first kappa shape index (κ1) is 21.8. The molecule has 0 aliphatic rings. The Morgan fingerprint density at radius 2 is 1.58 bits per heavy atom. The monoisotopic (exact) mass is 535 g/mol. The van der Waals surface area contributed by atoms with Crippen LogP contribution in [0, 0.1) is 0 Å². The molecule has 0 heterocycles. The molecular weight excluding hydrogens is 525 g/mol. The van der Waals surface area contributed by atoms with E-state index in [4.69, 9.17) is 39.5 Å². The number of phenolic OH excluding ortho intramolecular Hbond substituents is 1. The van der Waals surface area contributed by atoms with Crippen molar-refractivity contribution in [2.45, 2.75) is 0 Å². The van der Waals surface area contributed by atoms with Gasteiger partial charge in [-0.15, -0.1) is 0 Å². The Balaban J connectivity index is 1.71. The minimum Gasteiger partial charge on any atom is -0.506 e. The Kier molecular flexibility index (Phi) is 6.30. The molecule has 0 aliphatic carbocycles. The van der Waals surface area contributed by atoms with E-state index in [2.05, 4.69) is 21.2 Å². The molecule has 1 amide bonds. The lowest BCUT2D eigenvalue weighted by atomic mass is 10.1. The van der Waals surface area contributed by atoms with Crippen LogP contribution in [-0.4, -0.2) is 11.0 Å². The maximum Gasteiger partial charge on any atom is 0.259 e. The average Bonchev–Trinajstić information content (AvgIpc) is 2.74. The molecule has 0 radical (unpaired) electrons. The molecule has 0 aromatic heterocycles. The smallest absolute Gasteiger partial charge is 0.259 e. The van der Waals surface area contributed by atoms with Crippen LogP contribution in [0.3, 0.4) is 0 Å². The van der Waals surface area contributed by atoms with Crippen LogP contribution in [0.4, 0.5) is 5.69 Å². The van der Waals surface area contributed by atoms with E-state index in [1.807, 2.05) is 24.3 Å². The van der Waals surface area contributed by atoms with Crippen LogP contribution in [0.25, 0.3) is 10.8 Å². The average molecular weight is 538 g/mol. The topological polar surface area (TPSA) is 58.6 Å². The van der Waals surface area contributed by atoms with Crippen molar-refractivity contribution in [2.75, 3.05) is 5.32 Å². The summed E-state index contributed by atoms with van der Waals surface area (Å²) in [7, 11) is 0. The van der Waals surface area contributed by atoms with Crippen LogP contribution < -0.4 is 10.1 Å². The molecule has 156 valence electrons. The highest BCUT2D eigenvalue weighted by Gasteiger charge is 2.18. The Hall–Kier alpha value is -2.44. The number of fused-ring (bicyclic) bond motifs is 1. The van der Waals surface area contributed by atoms with Crippen molar-refractivity contribution in [3.63, 3.8) is 0 Å². The van der Waals surface area contributed by atoms with Gasteiger partial charge in [-0.1, -0.05) is 59.1 Å². The molecule has 4 aromatic carbocycles. The molecule has 0 fully saturated rings. The van der Waals surface area contributed by atoms with E-state index < -0.39 is 5.91 Å². The van der Waals surface area contributed by atoms with E-state index in [-0.39, 0.29) is 11.3 Å². The van der Waals surface area contributed by atoms with Gasteiger partial charge in [0.05, 0.1) is 15.7 Å². The number of benzene rings is 4. The number of halogens is 4. The van der Waals surface area contributed by atoms with Gasteiger partial charge in [0.25, 0.3) is 5.91 Å². The maximum atomic E-state index is 12.8. The molecule has 2 N–H and O–H groups in total. The number of anilines is 1. The zero-order valence-corrected chi connectivity index (χ0v) is 19.5. The number of carbonyl (C=O) groups is 1. The van der Waals surface area contributed by atoms with E-state index in [0.29, 0.717) is 36.7 Å². The lowest BCUT2D eigenvalue weighted by molar-refractivity contribution is 0.102. The fraction of sp³-hybridized carbons (Fsp3) is 0.